The van der Waals surface area contributed by atoms with Crippen LogP contribution >= 0.6 is 11.3 Å². The fourth-order valence-electron chi connectivity index (χ4n) is 2.57. The molecule has 3 nitrogen and oxygen atoms in total. The Labute approximate surface area is 113 Å². The van der Waals surface area contributed by atoms with Crippen molar-refractivity contribution in [2.24, 2.45) is 5.92 Å². The zero-order valence-electron chi connectivity index (χ0n) is 11.3. The summed E-state index contributed by atoms with van der Waals surface area (Å²) in [5, 5.41) is 9.93. The van der Waals surface area contributed by atoms with Gasteiger partial charge >= 0.3 is 0 Å². The second-order valence-corrected chi connectivity index (χ2v) is 6.42. The van der Waals surface area contributed by atoms with Crippen molar-refractivity contribution in [1.82, 2.24) is 9.88 Å². The largest absolute Gasteiger partial charge is 0.303 e. The number of rotatable bonds is 4. The van der Waals surface area contributed by atoms with Crippen LogP contribution in [0.1, 0.15) is 35.3 Å². The summed E-state index contributed by atoms with van der Waals surface area (Å²) in [5.41, 5.74) is 1.04. The van der Waals surface area contributed by atoms with Crippen molar-refractivity contribution in [2.75, 3.05) is 19.6 Å². The highest BCUT2D eigenvalue weighted by Gasteiger charge is 2.16. The molecule has 1 fully saturated rings. The van der Waals surface area contributed by atoms with E-state index in [1.165, 1.54) is 30.9 Å². The van der Waals surface area contributed by atoms with E-state index in [1.54, 1.807) is 11.3 Å². The van der Waals surface area contributed by atoms with Gasteiger partial charge in [0.1, 0.15) is 0 Å². The molecule has 4 heteroatoms. The van der Waals surface area contributed by atoms with E-state index in [2.05, 4.69) is 22.9 Å². The number of piperidine rings is 1. The number of nitriles is 1. The Hall–Kier alpha value is -0.920. The van der Waals surface area contributed by atoms with Gasteiger partial charge < -0.3 is 4.90 Å². The molecule has 1 aromatic rings. The molecule has 1 atom stereocenters. The molecule has 1 unspecified atom stereocenters. The summed E-state index contributed by atoms with van der Waals surface area (Å²) >= 11 is 1.71. The highest BCUT2D eigenvalue weighted by Crippen LogP contribution is 2.20. The standard InChI is InChI=1S/C14H21N3S/c1-11-4-3-8-17(10-11)9-6-14-16-12(2)13(18-14)5-7-15/h11H,3-6,8-10H2,1-2H3. The number of thiazole rings is 1. The Morgan fingerprint density at radius 3 is 3.11 bits per heavy atom. The third-order valence-electron chi connectivity index (χ3n) is 3.56. The van der Waals surface area contributed by atoms with Gasteiger partial charge in [-0.3, -0.25) is 0 Å². The third-order valence-corrected chi connectivity index (χ3v) is 4.78. The van der Waals surface area contributed by atoms with E-state index in [1.807, 2.05) is 6.92 Å². The molecule has 0 saturated carbocycles. The van der Waals surface area contributed by atoms with Crippen molar-refractivity contribution in [3.63, 3.8) is 0 Å². The molecule has 0 amide bonds. The maximum Gasteiger partial charge on any atom is 0.0944 e. The Kier molecular flexibility index (Phi) is 4.73. The molecule has 1 aliphatic rings. The highest BCUT2D eigenvalue weighted by molar-refractivity contribution is 7.11. The summed E-state index contributed by atoms with van der Waals surface area (Å²) < 4.78 is 0. The van der Waals surface area contributed by atoms with Gasteiger partial charge in [-0.2, -0.15) is 5.26 Å². The van der Waals surface area contributed by atoms with E-state index >= 15 is 0 Å². The maximum atomic E-state index is 8.74. The molecule has 1 aliphatic heterocycles. The predicted octanol–water partition coefficient (Wildman–Crippen LogP) is 2.79. The van der Waals surface area contributed by atoms with E-state index in [0.29, 0.717) is 6.42 Å². The number of aryl methyl sites for hydroxylation is 1. The van der Waals surface area contributed by atoms with Crippen LogP contribution in [0.25, 0.3) is 0 Å². The lowest BCUT2D eigenvalue weighted by Crippen LogP contribution is -2.35. The minimum Gasteiger partial charge on any atom is -0.303 e. The van der Waals surface area contributed by atoms with Gasteiger partial charge in [-0.25, -0.2) is 4.98 Å². The molecule has 0 radical (unpaired) electrons. The summed E-state index contributed by atoms with van der Waals surface area (Å²) in [6.45, 7) is 7.93. The summed E-state index contributed by atoms with van der Waals surface area (Å²) in [6, 6.07) is 2.21. The average molecular weight is 263 g/mol. The smallest absolute Gasteiger partial charge is 0.0944 e. The summed E-state index contributed by atoms with van der Waals surface area (Å²) in [7, 11) is 0. The molecule has 1 saturated heterocycles. The number of hydrogen-bond donors (Lipinski definition) is 0. The molecule has 0 bridgehead atoms. The second kappa shape index (κ2) is 6.31. The first kappa shape index (κ1) is 13.5. The van der Waals surface area contributed by atoms with Crippen LogP contribution < -0.4 is 0 Å². The molecule has 2 rings (SSSR count). The third kappa shape index (κ3) is 3.54. The van der Waals surface area contributed by atoms with Crippen LogP contribution in [-0.2, 0) is 12.8 Å². The van der Waals surface area contributed by atoms with Crippen molar-refractivity contribution in [1.29, 1.82) is 5.26 Å². The van der Waals surface area contributed by atoms with Gasteiger partial charge in [0, 0.05) is 24.4 Å². The van der Waals surface area contributed by atoms with Gasteiger partial charge in [-0.05, 0) is 32.2 Å². The molecule has 0 aromatic carbocycles. The van der Waals surface area contributed by atoms with Crippen molar-refractivity contribution in [3.8, 4) is 6.07 Å². The Morgan fingerprint density at radius 2 is 2.39 bits per heavy atom. The monoisotopic (exact) mass is 263 g/mol. The van der Waals surface area contributed by atoms with E-state index in [9.17, 15) is 0 Å². The Balaban J connectivity index is 1.86. The quantitative estimate of drug-likeness (QED) is 0.838. The molecule has 0 aliphatic carbocycles. The summed E-state index contributed by atoms with van der Waals surface area (Å²) in [6.07, 6.45) is 4.24. The second-order valence-electron chi connectivity index (χ2n) is 5.25. The van der Waals surface area contributed by atoms with Crippen molar-refractivity contribution in [2.45, 2.75) is 39.5 Å². The lowest BCUT2D eigenvalue weighted by molar-refractivity contribution is 0.186. The number of aromatic nitrogens is 1. The first-order chi connectivity index (χ1) is 8.69. The molecule has 2 heterocycles. The van der Waals surface area contributed by atoms with Crippen LogP contribution in [-0.4, -0.2) is 29.5 Å². The zero-order valence-corrected chi connectivity index (χ0v) is 12.1. The molecule has 0 N–H and O–H groups in total. The van der Waals surface area contributed by atoms with Crippen LogP contribution in [0.3, 0.4) is 0 Å². The Bertz CT molecular complexity index is 433. The fraction of sp³-hybridized carbons (Fsp3) is 0.714. The average Bonchev–Trinajstić information content (AvgIpc) is 2.69. The molecular weight excluding hydrogens is 242 g/mol. The van der Waals surface area contributed by atoms with Gasteiger partial charge in [-0.15, -0.1) is 11.3 Å². The zero-order chi connectivity index (χ0) is 13.0. The topological polar surface area (TPSA) is 39.9 Å². The highest BCUT2D eigenvalue weighted by atomic mass is 32.1. The van der Waals surface area contributed by atoms with Crippen LogP contribution in [0.4, 0.5) is 0 Å². The van der Waals surface area contributed by atoms with Gasteiger partial charge in [0.05, 0.1) is 23.2 Å². The van der Waals surface area contributed by atoms with Crippen LogP contribution in [0.15, 0.2) is 0 Å². The number of hydrogen-bond acceptors (Lipinski definition) is 4. The lowest BCUT2D eigenvalue weighted by Gasteiger charge is -2.30. The lowest BCUT2D eigenvalue weighted by atomic mass is 10.0. The minimum atomic E-state index is 0.504. The maximum absolute atomic E-state index is 8.74. The first-order valence-corrected chi connectivity index (χ1v) is 7.55. The van der Waals surface area contributed by atoms with Crippen LogP contribution in [0.5, 0.6) is 0 Å². The van der Waals surface area contributed by atoms with Crippen molar-refractivity contribution < 1.29 is 0 Å². The summed E-state index contributed by atoms with van der Waals surface area (Å²) in [5.74, 6) is 0.839. The molecule has 18 heavy (non-hydrogen) atoms. The SMILES string of the molecule is Cc1nc(CCN2CCCC(C)C2)sc1CC#N. The molecule has 98 valence electrons. The molecular formula is C14H21N3S. The van der Waals surface area contributed by atoms with E-state index in [0.717, 1.165) is 29.5 Å². The number of nitrogens with zero attached hydrogens (tertiary/aromatic N) is 3. The van der Waals surface area contributed by atoms with Gasteiger partial charge in [0.15, 0.2) is 0 Å². The number of likely N-dealkylation sites (tertiary alicyclic amines) is 1. The Morgan fingerprint density at radius 1 is 1.56 bits per heavy atom. The van der Waals surface area contributed by atoms with E-state index in [-0.39, 0.29) is 0 Å². The van der Waals surface area contributed by atoms with Gasteiger partial charge in [0.25, 0.3) is 0 Å². The first-order valence-electron chi connectivity index (χ1n) is 6.73. The minimum absolute atomic E-state index is 0.504. The summed E-state index contributed by atoms with van der Waals surface area (Å²) in [4.78, 5) is 8.26. The van der Waals surface area contributed by atoms with Gasteiger partial charge in [0.2, 0.25) is 0 Å². The normalized spacial score (nSPS) is 20.8. The van der Waals surface area contributed by atoms with Gasteiger partial charge in [-0.1, -0.05) is 6.92 Å². The van der Waals surface area contributed by atoms with Crippen LogP contribution in [0.2, 0.25) is 0 Å². The van der Waals surface area contributed by atoms with E-state index in [4.69, 9.17) is 5.26 Å². The molecule has 1 aromatic heterocycles. The van der Waals surface area contributed by atoms with Crippen LogP contribution in [0, 0.1) is 24.2 Å². The molecule has 0 spiro atoms. The predicted molar refractivity (Wildman–Crippen MR) is 74.7 cm³/mol. The fourth-order valence-corrected chi connectivity index (χ4v) is 3.56. The van der Waals surface area contributed by atoms with Crippen molar-refractivity contribution in [3.05, 3.63) is 15.6 Å². The van der Waals surface area contributed by atoms with E-state index < -0.39 is 0 Å². The van der Waals surface area contributed by atoms with Crippen molar-refractivity contribution >= 4 is 11.3 Å².